The molecule has 0 saturated carbocycles. The van der Waals surface area contributed by atoms with E-state index >= 15 is 0 Å². The van der Waals surface area contributed by atoms with E-state index in [9.17, 15) is 18.4 Å². The molecular weight excluding hydrogens is 398 g/mol. The number of hydrogen-bond donors (Lipinski definition) is 0. The van der Waals surface area contributed by atoms with Crippen molar-refractivity contribution in [1.29, 1.82) is 0 Å². The fourth-order valence-corrected chi connectivity index (χ4v) is 3.88. The zero-order valence-electron chi connectivity index (χ0n) is 14.9. The van der Waals surface area contributed by atoms with E-state index in [4.69, 9.17) is 0 Å². The average molecular weight is 412 g/mol. The van der Waals surface area contributed by atoms with Crippen LogP contribution in [0.15, 0.2) is 71.8 Å². The first-order valence-electron chi connectivity index (χ1n) is 8.64. The van der Waals surface area contributed by atoms with E-state index < -0.39 is 6.61 Å². The number of halogens is 2. The van der Waals surface area contributed by atoms with E-state index in [1.54, 1.807) is 6.07 Å². The molecule has 146 valence electrons. The van der Waals surface area contributed by atoms with Gasteiger partial charge in [-0.2, -0.15) is 8.78 Å². The third-order valence-electron chi connectivity index (χ3n) is 4.29. The molecule has 2 aromatic carbocycles. The predicted molar refractivity (Wildman–Crippen MR) is 107 cm³/mol. The topological polar surface area (TPSA) is 61.2 Å². The highest BCUT2D eigenvalue weighted by atomic mass is 32.1. The minimum Gasteiger partial charge on any atom is -0.435 e. The van der Waals surface area contributed by atoms with Crippen LogP contribution in [0.25, 0.3) is 20.7 Å². The Kier molecular flexibility index (Phi) is 5.18. The molecule has 0 N–H and O–H groups in total. The highest BCUT2D eigenvalue weighted by Gasteiger charge is 2.14. The molecular formula is C21H14F2N2O3S. The summed E-state index contributed by atoms with van der Waals surface area (Å²) in [7, 11) is 0. The van der Waals surface area contributed by atoms with Crippen LogP contribution < -0.4 is 10.3 Å². The Labute approximate surface area is 167 Å². The SMILES string of the molecule is O=C(Cn1cnc2sc(-c3ccccc3)cc2c1=O)c1ccc(OC(F)F)cc1. The zero-order valence-corrected chi connectivity index (χ0v) is 15.7. The number of nitrogens with zero attached hydrogens (tertiary/aromatic N) is 2. The number of Topliss-reactive ketones (excluding diaryl/α,β-unsaturated/α-hetero) is 1. The number of fused-ring (bicyclic) bond motifs is 1. The third kappa shape index (κ3) is 4.07. The van der Waals surface area contributed by atoms with Gasteiger partial charge in [-0.1, -0.05) is 30.3 Å². The molecule has 0 aliphatic heterocycles. The van der Waals surface area contributed by atoms with Crippen molar-refractivity contribution < 1.29 is 18.3 Å². The van der Waals surface area contributed by atoms with Gasteiger partial charge < -0.3 is 4.74 Å². The molecule has 5 nitrogen and oxygen atoms in total. The first-order chi connectivity index (χ1) is 14.0. The Bertz CT molecular complexity index is 1220. The van der Waals surface area contributed by atoms with Gasteiger partial charge in [-0.15, -0.1) is 11.3 Å². The second kappa shape index (κ2) is 7.92. The van der Waals surface area contributed by atoms with Crippen molar-refractivity contribution in [2.75, 3.05) is 0 Å². The quantitative estimate of drug-likeness (QED) is 0.434. The maximum absolute atomic E-state index is 12.8. The molecule has 2 heterocycles. The number of alkyl halides is 2. The summed E-state index contributed by atoms with van der Waals surface area (Å²) in [5.41, 5.74) is 0.969. The molecule has 8 heteroatoms. The molecule has 29 heavy (non-hydrogen) atoms. The predicted octanol–water partition coefficient (Wildman–Crippen LogP) is 4.61. The Balaban J connectivity index is 1.58. The van der Waals surface area contributed by atoms with Crippen molar-refractivity contribution in [1.82, 2.24) is 9.55 Å². The van der Waals surface area contributed by atoms with Crippen LogP contribution >= 0.6 is 11.3 Å². The molecule has 0 bridgehead atoms. The lowest BCUT2D eigenvalue weighted by Gasteiger charge is -2.07. The van der Waals surface area contributed by atoms with Gasteiger partial charge in [0.05, 0.1) is 18.3 Å². The van der Waals surface area contributed by atoms with Gasteiger partial charge in [0.15, 0.2) is 5.78 Å². The van der Waals surface area contributed by atoms with Crippen molar-refractivity contribution in [2.45, 2.75) is 13.2 Å². The smallest absolute Gasteiger partial charge is 0.387 e. The lowest BCUT2D eigenvalue weighted by atomic mass is 10.1. The first-order valence-corrected chi connectivity index (χ1v) is 9.45. The number of rotatable bonds is 6. The highest BCUT2D eigenvalue weighted by Crippen LogP contribution is 2.30. The molecule has 0 aliphatic carbocycles. The number of benzene rings is 2. The van der Waals surface area contributed by atoms with Crippen LogP contribution in [0, 0.1) is 0 Å². The van der Waals surface area contributed by atoms with E-state index in [0.29, 0.717) is 10.2 Å². The van der Waals surface area contributed by atoms with Gasteiger partial charge in [0.25, 0.3) is 5.56 Å². The number of ketones is 1. The Morgan fingerprint density at radius 3 is 2.52 bits per heavy atom. The summed E-state index contributed by atoms with van der Waals surface area (Å²) in [6, 6.07) is 16.8. The number of hydrogen-bond acceptors (Lipinski definition) is 5. The van der Waals surface area contributed by atoms with Crippen LogP contribution in [0.5, 0.6) is 5.75 Å². The fraction of sp³-hybridized carbons (Fsp3) is 0.0952. The molecule has 0 radical (unpaired) electrons. The molecule has 2 aromatic heterocycles. The third-order valence-corrected chi connectivity index (χ3v) is 5.38. The molecule has 4 aromatic rings. The van der Waals surface area contributed by atoms with Crippen LogP contribution in [-0.4, -0.2) is 21.9 Å². The van der Waals surface area contributed by atoms with Gasteiger partial charge in [0.1, 0.15) is 10.6 Å². The molecule has 0 unspecified atom stereocenters. The van der Waals surface area contributed by atoms with Crippen molar-refractivity contribution in [3.05, 3.63) is 82.9 Å². The minimum atomic E-state index is -2.93. The van der Waals surface area contributed by atoms with Crippen molar-refractivity contribution in [3.63, 3.8) is 0 Å². The summed E-state index contributed by atoms with van der Waals surface area (Å²) in [4.78, 5) is 31.1. The first kappa shape index (κ1) is 18.9. The van der Waals surface area contributed by atoms with Gasteiger partial charge in [0.2, 0.25) is 0 Å². The lowest BCUT2D eigenvalue weighted by molar-refractivity contribution is -0.0498. The molecule has 0 saturated heterocycles. The molecule has 0 spiro atoms. The monoisotopic (exact) mass is 412 g/mol. The number of thiophene rings is 1. The summed E-state index contributed by atoms with van der Waals surface area (Å²) >= 11 is 1.41. The fourth-order valence-electron chi connectivity index (χ4n) is 2.89. The van der Waals surface area contributed by atoms with Crippen LogP contribution in [0.1, 0.15) is 10.4 Å². The van der Waals surface area contributed by atoms with Crippen LogP contribution in [0.4, 0.5) is 8.78 Å². The van der Waals surface area contributed by atoms with Gasteiger partial charge in [-0.05, 0) is 35.9 Å². The maximum Gasteiger partial charge on any atom is 0.387 e. The highest BCUT2D eigenvalue weighted by molar-refractivity contribution is 7.21. The summed E-state index contributed by atoms with van der Waals surface area (Å²) in [6.45, 7) is -3.13. The van der Waals surface area contributed by atoms with Crippen molar-refractivity contribution in [3.8, 4) is 16.2 Å². The van der Waals surface area contributed by atoms with E-state index in [0.717, 1.165) is 10.4 Å². The molecule has 0 amide bonds. The van der Waals surface area contributed by atoms with Gasteiger partial charge in [-0.3, -0.25) is 14.2 Å². The average Bonchev–Trinajstić information content (AvgIpc) is 3.16. The Hall–Kier alpha value is -3.39. The summed E-state index contributed by atoms with van der Waals surface area (Å²) in [6.07, 6.45) is 1.35. The summed E-state index contributed by atoms with van der Waals surface area (Å²) < 4.78 is 29.9. The standard InChI is InChI=1S/C21H14F2N2O3S/c22-21(23)28-15-8-6-13(7-9-15)17(26)11-25-12-24-19-16(20(25)27)10-18(29-19)14-4-2-1-3-5-14/h1-10,12,21H,11H2. The minimum absolute atomic E-state index is 0.0384. The Morgan fingerprint density at radius 1 is 1.10 bits per heavy atom. The number of aromatic nitrogens is 2. The molecule has 4 rings (SSSR count). The van der Waals surface area contributed by atoms with E-state index in [1.807, 2.05) is 30.3 Å². The number of carbonyl (C=O) groups excluding carboxylic acids is 1. The molecule has 0 aliphatic rings. The Morgan fingerprint density at radius 2 is 1.83 bits per heavy atom. The summed E-state index contributed by atoms with van der Waals surface area (Å²) in [5.74, 6) is -0.376. The molecule has 0 atom stereocenters. The van der Waals surface area contributed by atoms with Crippen molar-refractivity contribution in [2.24, 2.45) is 0 Å². The lowest BCUT2D eigenvalue weighted by Crippen LogP contribution is -2.24. The normalized spacial score (nSPS) is 11.1. The van der Waals surface area contributed by atoms with E-state index in [1.165, 1.54) is 46.5 Å². The van der Waals surface area contributed by atoms with Crippen LogP contribution in [0.3, 0.4) is 0 Å². The van der Waals surface area contributed by atoms with Gasteiger partial charge in [-0.25, -0.2) is 4.98 Å². The summed E-state index contributed by atoms with van der Waals surface area (Å²) in [5, 5.41) is 0.449. The van der Waals surface area contributed by atoms with Crippen molar-refractivity contribution >= 4 is 27.3 Å². The number of carbonyl (C=O) groups is 1. The van der Waals surface area contributed by atoms with E-state index in [-0.39, 0.29) is 29.2 Å². The number of ether oxygens (including phenoxy) is 1. The van der Waals surface area contributed by atoms with Crippen LogP contribution in [-0.2, 0) is 6.54 Å². The zero-order chi connectivity index (χ0) is 20.4. The second-order valence-corrected chi connectivity index (χ2v) is 7.23. The van der Waals surface area contributed by atoms with Gasteiger partial charge >= 0.3 is 6.61 Å². The largest absolute Gasteiger partial charge is 0.435 e. The van der Waals surface area contributed by atoms with Crippen LogP contribution in [0.2, 0.25) is 0 Å². The second-order valence-electron chi connectivity index (χ2n) is 6.20. The van der Waals surface area contributed by atoms with Gasteiger partial charge in [0, 0.05) is 10.4 Å². The molecule has 0 fully saturated rings. The van der Waals surface area contributed by atoms with E-state index in [2.05, 4.69) is 9.72 Å². The maximum atomic E-state index is 12.8.